The second-order valence-corrected chi connectivity index (χ2v) is 2.96. The van der Waals surface area contributed by atoms with Gasteiger partial charge < -0.3 is 19.9 Å². The first-order valence-electron chi connectivity index (χ1n) is 4.50. The summed E-state index contributed by atoms with van der Waals surface area (Å²) < 4.78 is 37.4. The molecular formula is C10H11F2NO4. The van der Waals surface area contributed by atoms with Crippen molar-refractivity contribution in [2.75, 3.05) is 20.0 Å². The van der Waals surface area contributed by atoms with Crippen LogP contribution >= 0.6 is 0 Å². The molecular weight excluding hydrogens is 236 g/mol. The number of anilines is 1. The van der Waals surface area contributed by atoms with Crippen molar-refractivity contribution in [1.29, 1.82) is 0 Å². The Morgan fingerprint density at radius 2 is 1.94 bits per heavy atom. The first kappa shape index (κ1) is 13.0. The second kappa shape index (κ2) is 5.33. The summed E-state index contributed by atoms with van der Waals surface area (Å²) in [7, 11) is 2.68. The standard InChI is InChI=1S/C10H11F2NO4/c1-15-5-3-6(9(14)17-10(11)12)8(13)7(4-5)16-2/h3-4,10H,13H2,1-2H3. The molecule has 0 saturated carbocycles. The van der Waals surface area contributed by atoms with Crippen LogP contribution in [0.3, 0.4) is 0 Å². The third-order valence-corrected chi connectivity index (χ3v) is 1.99. The summed E-state index contributed by atoms with van der Waals surface area (Å²) in [6.07, 6.45) is 0. The average molecular weight is 247 g/mol. The van der Waals surface area contributed by atoms with Gasteiger partial charge in [0.25, 0.3) is 0 Å². The van der Waals surface area contributed by atoms with Gasteiger partial charge in [-0.2, -0.15) is 8.78 Å². The van der Waals surface area contributed by atoms with Crippen LogP contribution < -0.4 is 15.2 Å². The molecule has 0 aliphatic rings. The van der Waals surface area contributed by atoms with Crippen LogP contribution in [0.15, 0.2) is 12.1 Å². The number of alkyl halides is 2. The molecule has 1 aromatic rings. The summed E-state index contributed by atoms with van der Waals surface area (Å²) in [6.45, 7) is -3.21. The first-order chi connectivity index (χ1) is 7.99. The van der Waals surface area contributed by atoms with Crippen LogP contribution in [0.2, 0.25) is 0 Å². The van der Waals surface area contributed by atoms with E-state index in [2.05, 4.69) is 4.74 Å². The lowest BCUT2D eigenvalue weighted by Gasteiger charge is -2.11. The van der Waals surface area contributed by atoms with Crippen molar-refractivity contribution in [3.63, 3.8) is 0 Å². The number of ether oxygens (including phenoxy) is 3. The second-order valence-electron chi connectivity index (χ2n) is 2.96. The molecule has 0 radical (unpaired) electrons. The molecule has 94 valence electrons. The van der Waals surface area contributed by atoms with Crippen molar-refractivity contribution in [3.8, 4) is 11.5 Å². The van der Waals surface area contributed by atoms with Crippen LogP contribution in [0.5, 0.6) is 11.5 Å². The van der Waals surface area contributed by atoms with E-state index < -0.39 is 12.6 Å². The van der Waals surface area contributed by atoms with Crippen LogP contribution in [0.25, 0.3) is 0 Å². The molecule has 0 amide bonds. The number of hydrogen-bond acceptors (Lipinski definition) is 5. The molecule has 7 heteroatoms. The van der Waals surface area contributed by atoms with Crippen molar-refractivity contribution < 1.29 is 27.8 Å². The fourth-order valence-electron chi connectivity index (χ4n) is 1.20. The fraction of sp³-hybridized carbons (Fsp3) is 0.300. The Labute approximate surface area is 96.1 Å². The maximum atomic E-state index is 11.9. The van der Waals surface area contributed by atoms with Gasteiger partial charge in [-0.05, 0) is 6.07 Å². The largest absolute Gasteiger partial charge is 0.497 e. The Morgan fingerprint density at radius 1 is 1.29 bits per heavy atom. The van der Waals surface area contributed by atoms with Crippen LogP contribution in [0, 0.1) is 0 Å². The zero-order chi connectivity index (χ0) is 13.0. The van der Waals surface area contributed by atoms with E-state index in [1.807, 2.05) is 0 Å². The summed E-state index contributed by atoms with van der Waals surface area (Å²) in [5, 5.41) is 0. The van der Waals surface area contributed by atoms with Gasteiger partial charge in [-0.25, -0.2) is 4.79 Å². The summed E-state index contributed by atoms with van der Waals surface area (Å²) in [5.74, 6) is -0.850. The smallest absolute Gasteiger partial charge is 0.389 e. The highest BCUT2D eigenvalue weighted by atomic mass is 19.3. The number of halogens is 2. The molecule has 0 bridgehead atoms. The molecule has 0 aliphatic carbocycles. The van der Waals surface area contributed by atoms with Gasteiger partial charge >= 0.3 is 12.6 Å². The summed E-state index contributed by atoms with van der Waals surface area (Å²) >= 11 is 0. The molecule has 17 heavy (non-hydrogen) atoms. The number of rotatable bonds is 4. The van der Waals surface area contributed by atoms with Gasteiger partial charge in [-0.1, -0.05) is 0 Å². The molecule has 1 aromatic carbocycles. The van der Waals surface area contributed by atoms with Crippen LogP contribution in [-0.2, 0) is 4.74 Å². The lowest BCUT2D eigenvalue weighted by atomic mass is 10.1. The summed E-state index contributed by atoms with van der Waals surface area (Å²) in [4.78, 5) is 11.3. The van der Waals surface area contributed by atoms with Gasteiger partial charge in [0, 0.05) is 6.07 Å². The number of nitrogens with two attached hydrogens (primary N) is 1. The van der Waals surface area contributed by atoms with Crippen molar-refractivity contribution in [2.45, 2.75) is 6.61 Å². The predicted octanol–water partition coefficient (Wildman–Crippen LogP) is 1.67. The maximum Gasteiger partial charge on any atom is 0.389 e. The van der Waals surface area contributed by atoms with E-state index >= 15 is 0 Å². The van der Waals surface area contributed by atoms with E-state index in [9.17, 15) is 13.6 Å². The lowest BCUT2D eigenvalue weighted by Crippen LogP contribution is -2.12. The molecule has 0 aromatic heterocycles. The van der Waals surface area contributed by atoms with E-state index in [4.69, 9.17) is 15.2 Å². The molecule has 0 spiro atoms. The number of carbonyl (C=O) groups excluding carboxylic acids is 1. The number of carbonyl (C=O) groups is 1. The third-order valence-electron chi connectivity index (χ3n) is 1.99. The lowest BCUT2D eigenvalue weighted by molar-refractivity contribution is -0.0905. The van der Waals surface area contributed by atoms with Crippen molar-refractivity contribution in [2.24, 2.45) is 0 Å². The Hall–Kier alpha value is -2.05. The van der Waals surface area contributed by atoms with Gasteiger partial charge in [-0.3, -0.25) is 0 Å². The minimum atomic E-state index is -3.21. The van der Waals surface area contributed by atoms with E-state index in [0.717, 1.165) is 0 Å². The normalized spacial score (nSPS) is 10.2. The van der Waals surface area contributed by atoms with Crippen molar-refractivity contribution in [3.05, 3.63) is 17.7 Å². The maximum absolute atomic E-state index is 11.9. The van der Waals surface area contributed by atoms with Crippen molar-refractivity contribution >= 4 is 11.7 Å². The van der Waals surface area contributed by atoms with E-state index in [1.54, 1.807) is 0 Å². The number of hydrogen-bond donors (Lipinski definition) is 1. The van der Waals surface area contributed by atoms with Gasteiger partial charge in [0.05, 0.1) is 25.5 Å². The number of nitrogen functional groups attached to an aromatic ring is 1. The van der Waals surface area contributed by atoms with Gasteiger partial charge in [0.2, 0.25) is 0 Å². The van der Waals surface area contributed by atoms with Gasteiger partial charge in [-0.15, -0.1) is 0 Å². The summed E-state index contributed by atoms with van der Waals surface area (Å²) in [5.41, 5.74) is 5.25. The van der Waals surface area contributed by atoms with Crippen LogP contribution in [0.4, 0.5) is 14.5 Å². The Balaban J connectivity index is 3.17. The zero-order valence-electron chi connectivity index (χ0n) is 9.20. The number of methoxy groups -OCH3 is 2. The minimum absolute atomic E-state index is 0.0843. The summed E-state index contributed by atoms with van der Waals surface area (Å²) in [6, 6.07) is 2.62. The third kappa shape index (κ3) is 2.96. The fourth-order valence-corrected chi connectivity index (χ4v) is 1.20. The van der Waals surface area contributed by atoms with Crippen LogP contribution in [0.1, 0.15) is 10.4 Å². The highest BCUT2D eigenvalue weighted by Gasteiger charge is 2.20. The molecule has 5 nitrogen and oxygen atoms in total. The Morgan fingerprint density at radius 3 is 2.41 bits per heavy atom. The average Bonchev–Trinajstić information content (AvgIpc) is 2.28. The van der Waals surface area contributed by atoms with E-state index in [1.165, 1.54) is 26.4 Å². The van der Waals surface area contributed by atoms with E-state index in [-0.39, 0.29) is 22.7 Å². The number of benzene rings is 1. The Kier molecular flexibility index (Phi) is 4.08. The highest BCUT2D eigenvalue weighted by molar-refractivity contribution is 5.97. The minimum Gasteiger partial charge on any atom is -0.497 e. The molecule has 0 heterocycles. The van der Waals surface area contributed by atoms with Crippen LogP contribution in [-0.4, -0.2) is 26.8 Å². The quantitative estimate of drug-likeness (QED) is 0.647. The number of esters is 1. The SMILES string of the molecule is COc1cc(OC)c(N)c(C(=O)OC(F)F)c1. The highest BCUT2D eigenvalue weighted by Crippen LogP contribution is 2.31. The van der Waals surface area contributed by atoms with E-state index in [0.29, 0.717) is 0 Å². The predicted molar refractivity (Wildman–Crippen MR) is 55.4 cm³/mol. The molecule has 0 saturated heterocycles. The first-order valence-corrected chi connectivity index (χ1v) is 4.50. The molecule has 2 N–H and O–H groups in total. The topological polar surface area (TPSA) is 70.8 Å². The molecule has 0 unspecified atom stereocenters. The molecule has 0 aliphatic heterocycles. The molecule has 0 atom stereocenters. The van der Waals surface area contributed by atoms with Gasteiger partial charge in [0.15, 0.2) is 0 Å². The van der Waals surface area contributed by atoms with Gasteiger partial charge in [0.1, 0.15) is 11.5 Å². The van der Waals surface area contributed by atoms with Crippen molar-refractivity contribution in [1.82, 2.24) is 0 Å². The molecule has 0 fully saturated rings. The molecule has 1 rings (SSSR count). The monoisotopic (exact) mass is 247 g/mol. The zero-order valence-corrected chi connectivity index (χ0v) is 9.20. The Bertz CT molecular complexity index is 423.